The average molecular weight is 599 g/mol. The first-order valence-electron chi connectivity index (χ1n) is 14.2. The van der Waals surface area contributed by atoms with Crippen LogP contribution in [0, 0.1) is 11.3 Å². The number of rotatable bonds is 6. The number of halogens is 1. The Morgan fingerprint density at radius 1 is 0.818 bits per heavy atom. The molecule has 5 heterocycles. The molecule has 0 atom stereocenters. The molecule has 10 nitrogen and oxygen atoms in total. The van der Waals surface area contributed by atoms with Crippen molar-refractivity contribution in [3.63, 3.8) is 0 Å². The molecule has 0 bridgehead atoms. The fraction of sp³-hybridized carbons (Fsp3) is 0.152. The number of nitriles is 1. The van der Waals surface area contributed by atoms with E-state index >= 15 is 0 Å². The number of imidazole rings is 1. The molecule has 216 valence electrons. The highest BCUT2D eigenvalue weighted by Gasteiger charge is 2.21. The average Bonchev–Trinajstić information content (AvgIpc) is 3.44. The van der Waals surface area contributed by atoms with E-state index in [2.05, 4.69) is 49.0 Å². The van der Waals surface area contributed by atoms with Gasteiger partial charge in [-0.1, -0.05) is 35.9 Å². The largest absolute Gasteiger partial charge is 0.383 e. The number of nitrogens with two attached hydrogens (primary N) is 1. The smallest absolute Gasteiger partial charge is 0.234 e. The quantitative estimate of drug-likeness (QED) is 0.269. The van der Waals surface area contributed by atoms with Gasteiger partial charge in [-0.25, -0.2) is 24.9 Å². The molecule has 0 unspecified atom stereocenters. The van der Waals surface area contributed by atoms with Crippen molar-refractivity contribution in [2.75, 3.05) is 36.8 Å². The molecule has 44 heavy (non-hydrogen) atoms. The molecule has 4 aromatic heterocycles. The van der Waals surface area contributed by atoms with Gasteiger partial charge in [0.1, 0.15) is 23.2 Å². The standard InChI is InChI=1S/C33H27ClN10/c34-24-7-5-23(6-8-24)27-11-12-28-33(39-27)44(32(40-28)26-2-1-14-38-31(26)36)25-9-3-22(4-10-25)21-42-16-18-43(19-17-42)30-13-15-37-29(20-35)41-30/h1-15H,16-19,21H2,(H2,36,38). The lowest BCUT2D eigenvalue weighted by Crippen LogP contribution is -2.46. The van der Waals surface area contributed by atoms with Crippen molar-refractivity contribution >= 4 is 34.4 Å². The van der Waals surface area contributed by atoms with Gasteiger partial charge in [0.15, 0.2) is 11.5 Å². The molecule has 1 fully saturated rings. The predicted molar refractivity (Wildman–Crippen MR) is 171 cm³/mol. The number of piperazine rings is 1. The van der Waals surface area contributed by atoms with Crippen LogP contribution >= 0.6 is 11.6 Å². The van der Waals surface area contributed by atoms with E-state index in [1.807, 2.05) is 65.2 Å². The van der Waals surface area contributed by atoms with Gasteiger partial charge in [0.05, 0.1) is 11.3 Å². The van der Waals surface area contributed by atoms with E-state index in [0.29, 0.717) is 16.7 Å². The second-order valence-corrected chi connectivity index (χ2v) is 11.0. The molecule has 1 saturated heterocycles. The molecule has 11 heteroatoms. The maximum atomic E-state index is 9.13. The first kappa shape index (κ1) is 27.5. The fourth-order valence-corrected chi connectivity index (χ4v) is 5.62. The molecule has 0 radical (unpaired) electrons. The summed E-state index contributed by atoms with van der Waals surface area (Å²) >= 11 is 6.13. The molecule has 6 aromatic rings. The van der Waals surface area contributed by atoms with Crippen molar-refractivity contribution in [1.82, 2.24) is 34.4 Å². The second-order valence-electron chi connectivity index (χ2n) is 10.5. The molecule has 0 amide bonds. The number of hydrogen-bond acceptors (Lipinski definition) is 9. The topological polar surface area (TPSA) is 126 Å². The summed E-state index contributed by atoms with van der Waals surface area (Å²) in [5.74, 6) is 2.08. The van der Waals surface area contributed by atoms with Crippen molar-refractivity contribution in [3.05, 3.63) is 108 Å². The van der Waals surface area contributed by atoms with Crippen molar-refractivity contribution in [2.24, 2.45) is 0 Å². The van der Waals surface area contributed by atoms with Gasteiger partial charge in [-0.3, -0.25) is 9.47 Å². The highest BCUT2D eigenvalue weighted by molar-refractivity contribution is 6.30. The molecule has 7 rings (SSSR count). The predicted octanol–water partition coefficient (Wildman–Crippen LogP) is 5.37. The minimum Gasteiger partial charge on any atom is -0.383 e. The zero-order chi connectivity index (χ0) is 30.0. The fourth-order valence-electron chi connectivity index (χ4n) is 5.49. The van der Waals surface area contributed by atoms with Crippen LogP contribution in [0.5, 0.6) is 0 Å². The van der Waals surface area contributed by atoms with Crippen molar-refractivity contribution in [3.8, 4) is 34.4 Å². The van der Waals surface area contributed by atoms with Gasteiger partial charge in [0.25, 0.3) is 0 Å². The van der Waals surface area contributed by atoms with Gasteiger partial charge in [-0.2, -0.15) is 5.26 Å². The Morgan fingerprint density at radius 3 is 2.36 bits per heavy atom. The van der Waals surface area contributed by atoms with Gasteiger partial charge < -0.3 is 10.6 Å². The summed E-state index contributed by atoms with van der Waals surface area (Å²) in [4.78, 5) is 27.2. The van der Waals surface area contributed by atoms with Gasteiger partial charge in [0, 0.05) is 61.4 Å². The van der Waals surface area contributed by atoms with Crippen LogP contribution in [0.1, 0.15) is 11.4 Å². The third kappa shape index (κ3) is 5.42. The van der Waals surface area contributed by atoms with E-state index < -0.39 is 0 Å². The zero-order valence-corrected chi connectivity index (χ0v) is 24.4. The Kier molecular flexibility index (Phi) is 7.32. The lowest BCUT2D eigenvalue weighted by atomic mass is 10.1. The van der Waals surface area contributed by atoms with Crippen LogP contribution < -0.4 is 10.6 Å². The lowest BCUT2D eigenvalue weighted by molar-refractivity contribution is 0.249. The van der Waals surface area contributed by atoms with Gasteiger partial charge in [-0.05, 0) is 60.2 Å². The number of anilines is 2. The Morgan fingerprint density at radius 2 is 1.61 bits per heavy atom. The minimum atomic E-state index is 0.196. The van der Waals surface area contributed by atoms with Crippen LogP contribution in [0.4, 0.5) is 11.6 Å². The summed E-state index contributed by atoms with van der Waals surface area (Å²) in [6.45, 7) is 4.27. The SMILES string of the molecule is N#Cc1nccc(N2CCN(Cc3ccc(-n4c(-c5cccnc5N)nc5ccc(-c6ccc(Cl)cc6)nc54)cc3)CC2)n1. The summed E-state index contributed by atoms with van der Waals surface area (Å²) in [7, 11) is 0. The van der Waals surface area contributed by atoms with Gasteiger partial charge >= 0.3 is 0 Å². The van der Waals surface area contributed by atoms with Crippen molar-refractivity contribution < 1.29 is 0 Å². The molecule has 0 aliphatic carbocycles. The Labute approximate surface area is 259 Å². The summed E-state index contributed by atoms with van der Waals surface area (Å²) in [6, 6.07) is 27.8. The molecule has 1 aliphatic heterocycles. The highest BCUT2D eigenvalue weighted by atomic mass is 35.5. The lowest BCUT2D eigenvalue weighted by Gasteiger charge is -2.35. The number of benzene rings is 2. The van der Waals surface area contributed by atoms with Gasteiger partial charge in [-0.15, -0.1) is 0 Å². The molecular formula is C33H27ClN10. The first-order valence-corrected chi connectivity index (χ1v) is 14.6. The highest BCUT2D eigenvalue weighted by Crippen LogP contribution is 2.32. The summed E-state index contributed by atoms with van der Waals surface area (Å²) in [5.41, 5.74) is 12.5. The molecular weight excluding hydrogens is 572 g/mol. The van der Waals surface area contributed by atoms with Crippen LogP contribution in [-0.4, -0.2) is 60.6 Å². The number of nitrogen functional groups attached to an aromatic ring is 1. The third-order valence-corrected chi connectivity index (χ3v) is 8.01. The Hall–Kier alpha value is -5.37. The normalized spacial score (nSPS) is 13.7. The van der Waals surface area contributed by atoms with E-state index in [0.717, 1.165) is 72.2 Å². The maximum Gasteiger partial charge on any atom is 0.234 e. The molecule has 0 spiro atoms. The van der Waals surface area contributed by atoms with E-state index in [-0.39, 0.29) is 5.82 Å². The van der Waals surface area contributed by atoms with E-state index in [4.69, 9.17) is 32.6 Å². The first-order chi connectivity index (χ1) is 21.6. The number of fused-ring (bicyclic) bond motifs is 1. The van der Waals surface area contributed by atoms with E-state index in [1.54, 1.807) is 12.4 Å². The minimum absolute atomic E-state index is 0.196. The summed E-state index contributed by atoms with van der Waals surface area (Å²) < 4.78 is 2.04. The zero-order valence-electron chi connectivity index (χ0n) is 23.7. The maximum absolute atomic E-state index is 9.13. The van der Waals surface area contributed by atoms with Crippen LogP contribution in [-0.2, 0) is 6.54 Å². The third-order valence-electron chi connectivity index (χ3n) is 7.76. The Balaban J connectivity index is 1.17. The summed E-state index contributed by atoms with van der Waals surface area (Å²) in [5, 5.41) is 9.81. The molecule has 2 N–H and O–H groups in total. The number of hydrogen-bond donors (Lipinski definition) is 1. The molecule has 1 aliphatic rings. The molecule has 0 saturated carbocycles. The number of pyridine rings is 2. The molecule has 2 aromatic carbocycles. The van der Waals surface area contributed by atoms with E-state index in [1.165, 1.54) is 5.56 Å². The van der Waals surface area contributed by atoms with Crippen LogP contribution in [0.3, 0.4) is 0 Å². The van der Waals surface area contributed by atoms with E-state index in [9.17, 15) is 0 Å². The van der Waals surface area contributed by atoms with Crippen LogP contribution in [0.2, 0.25) is 5.02 Å². The number of nitrogens with zero attached hydrogens (tertiary/aromatic N) is 9. The van der Waals surface area contributed by atoms with Crippen molar-refractivity contribution in [2.45, 2.75) is 6.54 Å². The second kappa shape index (κ2) is 11.7. The van der Waals surface area contributed by atoms with Gasteiger partial charge in [0.2, 0.25) is 5.82 Å². The number of aromatic nitrogens is 6. The van der Waals surface area contributed by atoms with Crippen molar-refractivity contribution in [1.29, 1.82) is 5.26 Å². The Bertz CT molecular complexity index is 1990. The van der Waals surface area contributed by atoms with Crippen LogP contribution in [0.25, 0.3) is 39.5 Å². The monoisotopic (exact) mass is 598 g/mol. The van der Waals surface area contributed by atoms with Crippen LogP contribution in [0.15, 0.2) is 91.3 Å². The summed E-state index contributed by atoms with van der Waals surface area (Å²) in [6.07, 6.45) is 3.31.